The van der Waals surface area contributed by atoms with Gasteiger partial charge in [-0.1, -0.05) is 0 Å². The van der Waals surface area contributed by atoms with Crippen LogP contribution in [0.5, 0.6) is 5.75 Å². The molecular weight excluding hydrogens is 327 g/mol. The molecule has 24 heavy (non-hydrogen) atoms. The second-order valence-electron chi connectivity index (χ2n) is 6.33. The van der Waals surface area contributed by atoms with Gasteiger partial charge >= 0.3 is 12.5 Å². The molecule has 2 rings (SSSR count). The minimum absolute atomic E-state index is 0.110. The van der Waals surface area contributed by atoms with E-state index in [0.29, 0.717) is 26.2 Å². The molecule has 0 spiro atoms. The van der Waals surface area contributed by atoms with Gasteiger partial charge in [-0.3, -0.25) is 0 Å². The number of piperazine rings is 1. The minimum atomic E-state index is -4.78. The van der Waals surface area contributed by atoms with Crippen LogP contribution in [0.15, 0.2) is 18.3 Å². The van der Waals surface area contributed by atoms with E-state index in [4.69, 9.17) is 4.74 Å². The first kappa shape index (κ1) is 18.2. The number of alkyl halides is 3. The molecule has 0 saturated carbocycles. The quantitative estimate of drug-likeness (QED) is 0.823. The maximum Gasteiger partial charge on any atom is 0.573 e. The number of carbonyl (C=O) groups excluding carboxylic acids is 1. The standard InChI is InChI=1S/C15H20F3N3O3/c1-14(2,3)24-13(22)21-9-7-20(8-10-21)12-11(5-4-6-19-12)23-15(16,17)18/h4-6H,7-10H2,1-3H3. The van der Waals surface area contributed by atoms with E-state index in [0.717, 1.165) is 0 Å². The minimum Gasteiger partial charge on any atom is -0.444 e. The summed E-state index contributed by atoms with van der Waals surface area (Å²) in [5.41, 5.74) is -0.594. The number of halogens is 3. The highest BCUT2D eigenvalue weighted by atomic mass is 19.4. The summed E-state index contributed by atoms with van der Waals surface area (Å²) in [6.07, 6.45) is -3.82. The van der Waals surface area contributed by atoms with E-state index in [1.54, 1.807) is 25.7 Å². The molecule has 0 bridgehead atoms. The number of rotatable bonds is 2. The maximum atomic E-state index is 12.5. The number of hydrogen-bond acceptors (Lipinski definition) is 5. The summed E-state index contributed by atoms with van der Waals surface area (Å²) in [4.78, 5) is 19.2. The lowest BCUT2D eigenvalue weighted by molar-refractivity contribution is -0.274. The molecule has 0 radical (unpaired) electrons. The zero-order valence-corrected chi connectivity index (χ0v) is 13.8. The SMILES string of the molecule is CC(C)(C)OC(=O)N1CCN(c2ncccc2OC(F)(F)F)CC1. The molecule has 1 aromatic heterocycles. The summed E-state index contributed by atoms with van der Waals surface area (Å²) in [5, 5.41) is 0. The zero-order valence-electron chi connectivity index (χ0n) is 13.8. The van der Waals surface area contributed by atoms with Crippen molar-refractivity contribution in [2.24, 2.45) is 0 Å². The third kappa shape index (κ3) is 5.17. The fourth-order valence-electron chi connectivity index (χ4n) is 2.25. The first-order valence-electron chi connectivity index (χ1n) is 7.49. The molecule has 0 aromatic carbocycles. The van der Waals surface area contributed by atoms with Gasteiger partial charge in [0.2, 0.25) is 0 Å². The fraction of sp³-hybridized carbons (Fsp3) is 0.600. The lowest BCUT2D eigenvalue weighted by Crippen LogP contribution is -2.50. The van der Waals surface area contributed by atoms with Crippen LogP contribution in [0.25, 0.3) is 0 Å². The first-order chi connectivity index (χ1) is 11.1. The Labute approximate surface area is 138 Å². The van der Waals surface area contributed by atoms with Gasteiger partial charge in [-0.05, 0) is 32.9 Å². The van der Waals surface area contributed by atoms with Crippen LogP contribution in [0.3, 0.4) is 0 Å². The second-order valence-corrected chi connectivity index (χ2v) is 6.33. The van der Waals surface area contributed by atoms with E-state index in [1.807, 2.05) is 0 Å². The van der Waals surface area contributed by atoms with Gasteiger partial charge in [-0.2, -0.15) is 0 Å². The smallest absolute Gasteiger partial charge is 0.444 e. The van der Waals surface area contributed by atoms with Crippen LogP contribution in [-0.4, -0.2) is 54.1 Å². The first-order valence-corrected chi connectivity index (χ1v) is 7.49. The number of anilines is 1. The largest absolute Gasteiger partial charge is 0.573 e. The van der Waals surface area contributed by atoms with Crippen molar-refractivity contribution in [3.05, 3.63) is 18.3 Å². The third-order valence-electron chi connectivity index (χ3n) is 3.21. The van der Waals surface area contributed by atoms with Crippen LogP contribution in [0.2, 0.25) is 0 Å². The summed E-state index contributed by atoms with van der Waals surface area (Å²) in [5.74, 6) is -0.241. The van der Waals surface area contributed by atoms with Crippen molar-refractivity contribution in [2.45, 2.75) is 32.7 Å². The van der Waals surface area contributed by atoms with Gasteiger partial charge in [0, 0.05) is 32.4 Å². The summed E-state index contributed by atoms with van der Waals surface area (Å²) >= 11 is 0. The monoisotopic (exact) mass is 347 g/mol. The number of hydrogen-bond donors (Lipinski definition) is 0. The summed E-state index contributed by atoms with van der Waals surface area (Å²) < 4.78 is 46.7. The lowest BCUT2D eigenvalue weighted by atomic mass is 10.2. The van der Waals surface area contributed by atoms with Gasteiger partial charge in [-0.15, -0.1) is 13.2 Å². The van der Waals surface area contributed by atoms with Crippen LogP contribution in [0.1, 0.15) is 20.8 Å². The van der Waals surface area contributed by atoms with Crippen molar-refractivity contribution in [1.29, 1.82) is 0 Å². The van der Waals surface area contributed by atoms with E-state index in [9.17, 15) is 18.0 Å². The van der Waals surface area contributed by atoms with Crippen molar-refractivity contribution in [3.63, 3.8) is 0 Å². The average Bonchev–Trinajstić information content (AvgIpc) is 2.44. The fourth-order valence-corrected chi connectivity index (χ4v) is 2.25. The van der Waals surface area contributed by atoms with Gasteiger partial charge in [0.15, 0.2) is 11.6 Å². The molecule has 0 N–H and O–H groups in total. The van der Waals surface area contributed by atoms with E-state index >= 15 is 0 Å². The molecule has 1 saturated heterocycles. The highest BCUT2D eigenvalue weighted by molar-refractivity contribution is 5.68. The molecular formula is C15H20F3N3O3. The predicted octanol–water partition coefficient (Wildman–Crippen LogP) is 3.04. The van der Waals surface area contributed by atoms with Crippen LogP contribution in [0.4, 0.5) is 23.8 Å². The number of pyridine rings is 1. The van der Waals surface area contributed by atoms with Crippen LogP contribution >= 0.6 is 0 Å². The van der Waals surface area contributed by atoms with Crippen LogP contribution in [0, 0.1) is 0 Å². The van der Waals surface area contributed by atoms with E-state index < -0.39 is 18.1 Å². The Morgan fingerprint density at radius 2 is 1.79 bits per heavy atom. The van der Waals surface area contributed by atoms with Crippen molar-refractivity contribution in [2.75, 3.05) is 31.1 Å². The number of carbonyl (C=O) groups is 1. The van der Waals surface area contributed by atoms with Crippen LogP contribution < -0.4 is 9.64 Å². The highest BCUT2D eigenvalue weighted by Crippen LogP contribution is 2.31. The molecule has 134 valence electrons. The highest BCUT2D eigenvalue weighted by Gasteiger charge is 2.34. The normalized spacial score (nSPS) is 16.1. The molecule has 9 heteroatoms. The Balaban J connectivity index is 2.01. The van der Waals surface area contributed by atoms with Gasteiger partial charge < -0.3 is 19.3 Å². The Kier molecular flexibility index (Phi) is 5.10. The molecule has 0 aliphatic carbocycles. The number of amides is 1. The molecule has 1 fully saturated rings. The molecule has 0 atom stereocenters. The topological polar surface area (TPSA) is 54.9 Å². The zero-order chi connectivity index (χ0) is 18.0. The predicted molar refractivity (Wildman–Crippen MR) is 80.9 cm³/mol. The third-order valence-corrected chi connectivity index (χ3v) is 3.21. The van der Waals surface area contributed by atoms with Gasteiger partial charge in [-0.25, -0.2) is 9.78 Å². The number of nitrogens with zero attached hydrogens (tertiary/aromatic N) is 3. The Hall–Kier alpha value is -2.19. The molecule has 0 unspecified atom stereocenters. The maximum absolute atomic E-state index is 12.5. The van der Waals surface area contributed by atoms with Crippen molar-refractivity contribution < 1.29 is 27.4 Å². The molecule has 2 heterocycles. The van der Waals surface area contributed by atoms with E-state index in [-0.39, 0.29) is 11.6 Å². The van der Waals surface area contributed by atoms with Crippen LogP contribution in [-0.2, 0) is 4.74 Å². The Morgan fingerprint density at radius 1 is 1.17 bits per heavy atom. The number of aromatic nitrogens is 1. The second kappa shape index (κ2) is 6.74. The molecule has 1 aliphatic rings. The van der Waals surface area contributed by atoms with E-state index in [2.05, 4.69) is 9.72 Å². The summed E-state index contributed by atoms with van der Waals surface area (Å²) in [7, 11) is 0. The van der Waals surface area contributed by atoms with Gasteiger partial charge in [0.1, 0.15) is 5.60 Å². The Morgan fingerprint density at radius 3 is 2.33 bits per heavy atom. The average molecular weight is 347 g/mol. The lowest BCUT2D eigenvalue weighted by Gasteiger charge is -2.36. The van der Waals surface area contributed by atoms with Crippen molar-refractivity contribution in [3.8, 4) is 5.75 Å². The molecule has 1 aromatic rings. The summed E-state index contributed by atoms with van der Waals surface area (Å²) in [6, 6.07) is 2.59. The molecule has 6 nitrogen and oxygen atoms in total. The van der Waals surface area contributed by atoms with Crippen molar-refractivity contribution in [1.82, 2.24) is 9.88 Å². The van der Waals surface area contributed by atoms with Gasteiger partial charge in [0.05, 0.1) is 0 Å². The molecule has 1 aliphatic heterocycles. The van der Waals surface area contributed by atoms with E-state index in [1.165, 1.54) is 23.2 Å². The Bertz CT molecular complexity index is 579. The van der Waals surface area contributed by atoms with Gasteiger partial charge in [0.25, 0.3) is 0 Å². The molecule has 1 amide bonds. The van der Waals surface area contributed by atoms with Crippen molar-refractivity contribution >= 4 is 11.9 Å². The summed E-state index contributed by atoms with van der Waals surface area (Å²) in [6.45, 7) is 6.66. The number of ether oxygens (including phenoxy) is 2.